The monoisotopic (exact) mass is 223 g/mol. The molecule has 0 aliphatic carbocycles. The molecule has 0 spiro atoms. The highest BCUT2D eigenvalue weighted by molar-refractivity contribution is 7.92. The summed E-state index contributed by atoms with van der Waals surface area (Å²) in [6.07, 6.45) is 1.09. The van der Waals surface area contributed by atoms with Crippen LogP contribution >= 0.6 is 0 Å². The molecular formula is C8H17NO4S. The molecule has 0 rings (SSSR count). The number of ether oxygens (including phenoxy) is 1. The molecule has 0 aliphatic rings. The molecule has 0 radical (unpaired) electrons. The zero-order chi connectivity index (χ0) is 11.4. The molecule has 5 nitrogen and oxygen atoms in total. The van der Waals surface area contributed by atoms with E-state index in [4.69, 9.17) is 10.5 Å². The molecule has 0 aromatic carbocycles. The van der Waals surface area contributed by atoms with E-state index in [1.165, 1.54) is 6.92 Å². The molecule has 1 atom stereocenters. The summed E-state index contributed by atoms with van der Waals surface area (Å²) < 4.78 is 26.0. The van der Waals surface area contributed by atoms with Crippen molar-refractivity contribution in [1.29, 1.82) is 0 Å². The van der Waals surface area contributed by atoms with E-state index in [-0.39, 0.29) is 19.6 Å². The third-order valence-electron chi connectivity index (χ3n) is 2.15. The van der Waals surface area contributed by atoms with Crippen LogP contribution in [0.3, 0.4) is 0 Å². The molecule has 0 saturated heterocycles. The highest BCUT2D eigenvalue weighted by atomic mass is 32.2. The largest absolute Gasteiger partial charge is 0.465 e. The smallest absolute Gasteiger partial charge is 0.327 e. The van der Waals surface area contributed by atoms with Crippen molar-refractivity contribution in [3.05, 3.63) is 0 Å². The number of rotatable bonds is 5. The minimum atomic E-state index is -3.50. The second-order valence-corrected chi connectivity index (χ2v) is 5.71. The van der Waals surface area contributed by atoms with Crippen molar-refractivity contribution in [2.75, 3.05) is 19.4 Å². The summed E-state index contributed by atoms with van der Waals surface area (Å²) in [4.78, 5) is 11.4. The van der Waals surface area contributed by atoms with Crippen LogP contribution < -0.4 is 5.73 Å². The maximum absolute atomic E-state index is 11.4. The normalized spacial score (nSPS) is 16.0. The van der Waals surface area contributed by atoms with Gasteiger partial charge in [0.15, 0.2) is 14.6 Å². The fraction of sp³-hybridized carbons (Fsp3) is 0.875. The van der Waals surface area contributed by atoms with Crippen LogP contribution in [-0.2, 0) is 19.4 Å². The summed E-state index contributed by atoms with van der Waals surface area (Å²) in [5, 5.41) is 0. The van der Waals surface area contributed by atoms with Gasteiger partial charge in [0.05, 0.1) is 6.61 Å². The standard InChI is InChI=1S/C8H17NO4S/c1-4-13-7(10)8(2,5-6-9)14(3,11)12/h4-6,9H2,1-3H3. The van der Waals surface area contributed by atoms with Crippen molar-refractivity contribution in [2.45, 2.75) is 25.0 Å². The van der Waals surface area contributed by atoms with Crippen LogP contribution in [-0.4, -0.2) is 38.5 Å². The summed E-state index contributed by atoms with van der Waals surface area (Å²) in [5.74, 6) is -0.729. The first-order chi connectivity index (χ1) is 6.29. The second-order valence-electron chi connectivity index (χ2n) is 3.26. The average Bonchev–Trinajstić information content (AvgIpc) is 2.03. The van der Waals surface area contributed by atoms with Gasteiger partial charge in [-0.2, -0.15) is 0 Å². The molecule has 0 aliphatic heterocycles. The Morgan fingerprint density at radius 1 is 1.50 bits per heavy atom. The van der Waals surface area contributed by atoms with Crippen molar-refractivity contribution in [3.8, 4) is 0 Å². The predicted molar refractivity (Wildman–Crippen MR) is 53.6 cm³/mol. The lowest BCUT2D eigenvalue weighted by Gasteiger charge is -2.24. The molecule has 0 aromatic heterocycles. The van der Waals surface area contributed by atoms with E-state index in [0.717, 1.165) is 6.26 Å². The zero-order valence-electron chi connectivity index (χ0n) is 8.74. The van der Waals surface area contributed by atoms with Crippen LogP contribution in [0, 0.1) is 0 Å². The minimum Gasteiger partial charge on any atom is -0.465 e. The Morgan fingerprint density at radius 3 is 2.29 bits per heavy atom. The fourth-order valence-electron chi connectivity index (χ4n) is 0.998. The number of hydrogen-bond acceptors (Lipinski definition) is 5. The van der Waals surface area contributed by atoms with Gasteiger partial charge in [-0.05, 0) is 26.8 Å². The molecule has 6 heteroatoms. The van der Waals surface area contributed by atoms with Gasteiger partial charge in [0.2, 0.25) is 0 Å². The highest BCUT2D eigenvalue weighted by Crippen LogP contribution is 2.21. The maximum atomic E-state index is 11.4. The van der Waals surface area contributed by atoms with E-state index in [2.05, 4.69) is 0 Å². The molecule has 0 bridgehead atoms. The zero-order valence-corrected chi connectivity index (χ0v) is 9.56. The van der Waals surface area contributed by atoms with E-state index in [1.54, 1.807) is 6.92 Å². The first-order valence-electron chi connectivity index (χ1n) is 4.36. The van der Waals surface area contributed by atoms with Crippen LogP contribution in [0.25, 0.3) is 0 Å². The molecule has 0 aromatic rings. The van der Waals surface area contributed by atoms with E-state index < -0.39 is 20.6 Å². The molecule has 2 N–H and O–H groups in total. The second kappa shape index (κ2) is 4.75. The maximum Gasteiger partial charge on any atom is 0.327 e. The average molecular weight is 223 g/mol. The summed E-state index contributed by atoms with van der Waals surface area (Å²) in [6, 6.07) is 0. The molecule has 0 saturated carbocycles. The number of sulfone groups is 1. The quantitative estimate of drug-likeness (QED) is 0.647. The summed E-state index contributed by atoms with van der Waals surface area (Å²) in [5.41, 5.74) is 5.27. The molecule has 84 valence electrons. The van der Waals surface area contributed by atoms with Crippen LogP contribution in [0.15, 0.2) is 0 Å². The number of hydrogen-bond donors (Lipinski definition) is 1. The lowest BCUT2D eigenvalue weighted by atomic mass is 10.1. The van der Waals surface area contributed by atoms with E-state index in [0.29, 0.717) is 0 Å². The van der Waals surface area contributed by atoms with E-state index in [1.807, 2.05) is 0 Å². The Labute approximate surface area is 84.5 Å². The summed E-state index contributed by atoms with van der Waals surface area (Å²) in [6.45, 7) is 3.26. The number of carbonyl (C=O) groups excluding carboxylic acids is 1. The van der Waals surface area contributed by atoms with Crippen molar-refractivity contribution < 1.29 is 17.9 Å². The fourth-order valence-corrected chi connectivity index (χ4v) is 1.85. The van der Waals surface area contributed by atoms with Gasteiger partial charge in [-0.25, -0.2) is 8.42 Å². The van der Waals surface area contributed by atoms with Crippen LogP contribution in [0.5, 0.6) is 0 Å². The lowest BCUT2D eigenvalue weighted by molar-refractivity contribution is -0.145. The topological polar surface area (TPSA) is 86.5 Å². The Hall–Kier alpha value is -0.620. The van der Waals surface area contributed by atoms with Crippen molar-refractivity contribution in [1.82, 2.24) is 0 Å². The third kappa shape index (κ3) is 2.68. The van der Waals surface area contributed by atoms with Gasteiger partial charge in [-0.3, -0.25) is 4.79 Å². The Bertz CT molecular complexity index is 298. The van der Waals surface area contributed by atoms with Crippen LogP contribution in [0.2, 0.25) is 0 Å². The van der Waals surface area contributed by atoms with Crippen molar-refractivity contribution in [2.24, 2.45) is 5.73 Å². The van der Waals surface area contributed by atoms with Gasteiger partial charge in [0, 0.05) is 6.26 Å². The molecule has 14 heavy (non-hydrogen) atoms. The number of carbonyl (C=O) groups is 1. The molecule has 0 amide bonds. The predicted octanol–water partition coefficient (Wildman–Crippen LogP) is -0.298. The van der Waals surface area contributed by atoms with Crippen molar-refractivity contribution in [3.63, 3.8) is 0 Å². The number of nitrogens with two attached hydrogens (primary N) is 1. The molecule has 1 unspecified atom stereocenters. The van der Waals surface area contributed by atoms with Gasteiger partial charge in [0.1, 0.15) is 0 Å². The molecular weight excluding hydrogens is 206 g/mol. The van der Waals surface area contributed by atoms with Gasteiger partial charge in [0.25, 0.3) is 0 Å². The summed E-state index contributed by atoms with van der Waals surface area (Å²) >= 11 is 0. The molecule has 0 heterocycles. The Kier molecular flexibility index (Phi) is 4.54. The highest BCUT2D eigenvalue weighted by Gasteiger charge is 2.44. The van der Waals surface area contributed by atoms with Gasteiger partial charge < -0.3 is 10.5 Å². The van der Waals surface area contributed by atoms with Gasteiger partial charge in [-0.1, -0.05) is 0 Å². The van der Waals surface area contributed by atoms with Crippen LogP contribution in [0.1, 0.15) is 20.3 Å². The van der Waals surface area contributed by atoms with Gasteiger partial charge >= 0.3 is 5.97 Å². The van der Waals surface area contributed by atoms with E-state index >= 15 is 0 Å². The van der Waals surface area contributed by atoms with E-state index in [9.17, 15) is 13.2 Å². The van der Waals surface area contributed by atoms with Crippen LogP contribution in [0.4, 0.5) is 0 Å². The summed E-state index contributed by atoms with van der Waals surface area (Å²) in [7, 11) is -3.50. The SMILES string of the molecule is CCOC(=O)C(C)(CCN)S(C)(=O)=O. The first kappa shape index (κ1) is 13.4. The first-order valence-corrected chi connectivity index (χ1v) is 6.25. The number of esters is 1. The van der Waals surface area contributed by atoms with Crippen molar-refractivity contribution >= 4 is 15.8 Å². The lowest BCUT2D eigenvalue weighted by Crippen LogP contribution is -2.45. The Morgan fingerprint density at radius 2 is 2.00 bits per heavy atom. The minimum absolute atomic E-state index is 0.0741. The Balaban J connectivity index is 5.01. The van der Waals surface area contributed by atoms with Gasteiger partial charge in [-0.15, -0.1) is 0 Å². The molecule has 0 fully saturated rings. The third-order valence-corrected chi connectivity index (χ3v) is 4.15.